The molecule has 1 aromatic heterocycles. The number of hydrogen-bond acceptors (Lipinski definition) is 5. The Morgan fingerprint density at radius 1 is 1.67 bits per heavy atom. The smallest absolute Gasteiger partial charge is 0.224 e. The van der Waals surface area contributed by atoms with Crippen LogP contribution in [0.4, 0.5) is 5.82 Å². The number of aromatic nitrogens is 2. The topological polar surface area (TPSA) is 81.9 Å². The lowest BCUT2D eigenvalue weighted by atomic mass is 9.97. The lowest BCUT2D eigenvalue weighted by Crippen LogP contribution is -2.42. The molecule has 1 saturated heterocycles. The highest BCUT2D eigenvalue weighted by Crippen LogP contribution is 2.23. The van der Waals surface area contributed by atoms with Crippen LogP contribution < -0.4 is 10.2 Å². The number of nitrogens with zero attached hydrogens (tertiary/aromatic N) is 4. The van der Waals surface area contributed by atoms with Gasteiger partial charge in [-0.1, -0.05) is 0 Å². The van der Waals surface area contributed by atoms with Gasteiger partial charge in [0.1, 0.15) is 6.07 Å². The molecule has 1 aromatic rings. The molecule has 1 fully saturated rings. The Morgan fingerprint density at radius 3 is 3.22 bits per heavy atom. The summed E-state index contributed by atoms with van der Waals surface area (Å²) in [5.74, 6) is 0.577. The van der Waals surface area contributed by atoms with Crippen LogP contribution in [-0.4, -0.2) is 36.2 Å². The van der Waals surface area contributed by atoms with Gasteiger partial charge >= 0.3 is 0 Å². The van der Waals surface area contributed by atoms with E-state index in [-0.39, 0.29) is 11.8 Å². The number of rotatable bonds is 2. The lowest BCUT2D eigenvalue weighted by molar-refractivity contribution is -0.124. The minimum atomic E-state index is -0.0442. The molecule has 0 aromatic carbocycles. The number of carbonyl (C=O) groups is 1. The molecular formula is C12H15N5O. The second-order valence-electron chi connectivity index (χ2n) is 4.28. The van der Waals surface area contributed by atoms with Crippen LogP contribution in [0, 0.1) is 17.2 Å². The summed E-state index contributed by atoms with van der Waals surface area (Å²) < 4.78 is 0. The molecule has 94 valence electrons. The van der Waals surface area contributed by atoms with Crippen LogP contribution in [0.2, 0.25) is 0 Å². The molecule has 0 saturated carbocycles. The zero-order valence-corrected chi connectivity index (χ0v) is 10.3. The van der Waals surface area contributed by atoms with Crippen molar-refractivity contribution < 1.29 is 4.79 Å². The molecule has 2 heterocycles. The number of piperidine rings is 1. The van der Waals surface area contributed by atoms with Crippen molar-refractivity contribution >= 4 is 11.7 Å². The Balaban J connectivity index is 2.18. The molecular weight excluding hydrogens is 230 g/mol. The van der Waals surface area contributed by atoms with Gasteiger partial charge in [0.2, 0.25) is 5.91 Å². The summed E-state index contributed by atoms with van der Waals surface area (Å²) in [6.45, 7) is 1.40. The Kier molecular flexibility index (Phi) is 3.72. The number of nitrogens with one attached hydrogen (secondary N) is 1. The molecule has 18 heavy (non-hydrogen) atoms. The van der Waals surface area contributed by atoms with Gasteiger partial charge in [-0.05, 0) is 18.9 Å². The molecule has 6 heteroatoms. The third-order valence-electron chi connectivity index (χ3n) is 3.16. The summed E-state index contributed by atoms with van der Waals surface area (Å²) in [5, 5.41) is 19.5. The standard InChI is InChI=1S/C12H15N5O/c1-14-12(18)10-3-2-6-17(8-10)11-9(7-13)4-5-15-16-11/h4-5,10H,2-3,6,8H2,1H3,(H,14,18). The Labute approximate surface area is 106 Å². The van der Waals surface area contributed by atoms with E-state index in [1.54, 1.807) is 13.1 Å². The van der Waals surface area contributed by atoms with E-state index in [0.29, 0.717) is 17.9 Å². The molecule has 2 rings (SSSR count). The van der Waals surface area contributed by atoms with Crippen LogP contribution in [-0.2, 0) is 4.79 Å². The van der Waals surface area contributed by atoms with E-state index < -0.39 is 0 Å². The van der Waals surface area contributed by atoms with Crippen LogP contribution in [0.1, 0.15) is 18.4 Å². The highest BCUT2D eigenvalue weighted by atomic mass is 16.1. The number of amides is 1. The van der Waals surface area contributed by atoms with Gasteiger partial charge in [0.15, 0.2) is 5.82 Å². The van der Waals surface area contributed by atoms with Crippen LogP contribution in [0.5, 0.6) is 0 Å². The largest absolute Gasteiger partial charge is 0.359 e. The molecule has 0 spiro atoms. The average Bonchev–Trinajstić information content (AvgIpc) is 2.46. The highest BCUT2D eigenvalue weighted by molar-refractivity contribution is 5.79. The monoisotopic (exact) mass is 245 g/mol. The zero-order valence-electron chi connectivity index (χ0n) is 10.3. The van der Waals surface area contributed by atoms with Gasteiger partial charge in [0.05, 0.1) is 17.7 Å². The summed E-state index contributed by atoms with van der Waals surface area (Å²) in [6.07, 6.45) is 3.29. The minimum Gasteiger partial charge on any atom is -0.359 e. The van der Waals surface area contributed by atoms with Gasteiger partial charge in [-0.2, -0.15) is 10.4 Å². The highest BCUT2D eigenvalue weighted by Gasteiger charge is 2.27. The molecule has 1 N–H and O–H groups in total. The first-order valence-electron chi connectivity index (χ1n) is 5.94. The van der Waals surface area contributed by atoms with Crippen LogP contribution in [0.3, 0.4) is 0 Å². The summed E-state index contributed by atoms with van der Waals surface area (Å²) in [6, 6.07) is 3.75. The molecule has 1 aliphatic heterocycles. The van der Waals surface area contributed by atoms with Gasteiger partial charge in [-0.15, -0.1) is 5.10 Å². The predicted molar refractivity (Wildman–Crippen MR) is 65.8 cm³/mol. The van der Waals surface area contributed by atoms with Crippen molar-refractivity contribution in [1.82, 2.24) is 15.5 Å². The normalized spacial score (nSPS) is 19.1. The Bertz CT molecular complexity index is 482. The second-order valence-corrected chi connectivity index (χ2v) is 4.28. The lowest BCUT2D eigenvalue weighted by Gasteiger charge is -2.32. The van der Waals surface area contributed by atoms with Gasteiger partial charge in [-0.25, -0.2) is 0 Å². The van der Waals surface area contributed by atoms with Crippen molar-refractivity contribution in [3.63, 3.8) is 0 Å². The van der Waals surface area contributed by atoms with Crippen LogP contribution in [0.25, 0.3) is 0 Å². The fourth-order valence-corrected chi connectivity index (χ4v) is 2.23. The van der Waals surface area contributed by atoms with E-state index in [2.05, 4.69) is 21.6 Å². The fourth-order valence-electron chi connectivity index (χ4n) is 2.23. The van der Waals surface area contributed by atoms with E-state index in [4.69, 9.17) is 5.26 Å². The quantitative estimate of drug-likeness (QED) is 0.811. The number of anilines is 1. The summed E-state index contributed by atoms with van der Waals surface area (Å²) in [7, 11) is 1.64. The zero-order chi connectivity index (χ0) is 13.0. The molecule has 1 atom stereocenters. The van der Waals surface area contributed by atoms with Gasteiger partial charge in [0.25, 0.3) is 0 Å². The summed E-state index contributed by atoms with van der Waals surface area (Å²) in [5.41, 5.74) is 0.502. The second kappa shape index (κ2) is 5.45. The van der Waals surface area contributed by atoms with Crippen LogP contribution >= 0.6 is 0 Å². The third-order valence-corrected chi connectivity index (χ3v) is 3.16. The number of nitriles is 1. The summed E-state index contributed by atoms with van der Waals surface area (Å²) >= 11 is 0. The molecule has 0 radical (unpaired) electrons. The van der Waals surface area contributed by atoms with Crippen molar-refractivity contribution in [3.05, 3.63) is 17.8 Å². The van der Waals surface area contributed by atoms with Gasteiger partial charge < -0.3 is 10.2 Å². The van der Waals surface area contributed by atoms with E-state index in [1.165, 1.54) is 6.20 Å². The van der Waals surface area contributed by atoms with Crippen molar-refractivity contribution in [2.45, 2.75) is 12.8 Å². The molecule has 0 bridgehead atoms. The van der Waals surface area contributed by atoms with Crippen molar-refractivity contribution in [2.75, 3.05) is 25.0 Å². The predicted octanol–water partition coefficient (Wildman–Crippen LogP) is 0.311. The first-order valence-corrected chi connectivity index (χ1v) is 5.94. The van der Waals surface area contributed by atoms with Gasteiger partial charge in [-0.3, -0.25) is 4.79 Å². The fraction of sp³-hybridized carbons (Fsp3) is 0.500. The third kappa shape index (κ3) is 2.40. The molecule has 0 aliphatic carbocycles. The minimum absolute atomic E-state index is 0.0436. The number of carbonyl (C=O) groups excluding carboxylic acids is 1. The van der Waals surface area contributed by atoms with Crippen molar-refractivity contribution in [2.24, 2.45) is 5.92 Å². The Hall–Kier alpha value is -2.16. The first-order chi connectivity index (χ1) is 8.76. The van der Waals surface area contributed by atoms with Crippen LogP contribution in [0.15, 0.2) is 12.3 Å². The maximum Gasteiger partial charge on any atom is 0.224 e. The molecule has 6 nitrogen and oxygen atoms in total. The van der Waals surface area contributed by atoms with E-state index >= 15 is 0 Å². The molecule has 1 unspecified atom stereocenters. The number of hydrogen-bond donors (Lipinski definition) is 1. The summed E-state index contributed by atoms with van der Waals surface area (Å²) in [4.78, 5) is 13.6. The average molecular weight is 245 g/mol. The Morgan fingerprint density at radius 2 is 2.50 bits per heavy atom. The molecule has 1 aliphatic rings. The van der Waals surface area contributed by atoms with E-state index in [9.17, 15) is 4.79 Å². The van der Waals surface area contributed by atoms with Crippen molar-refractivity contribution in [1.29, 1.82) is 5.26 Å². The SMILES string of the molecule is CNC(=O)C1CCCN(c2nnccc2C#N)C1. The van der Waals surface area contributed by atoms with Gasteiger partial charge in [0, 0.05) is 20.1 Å². The van der Waals surface area contributed by atoms with E-state index in [0.717, 1.165) is 19.4 Å². The van der Waals surface area contributed by atoms with Crippen molar-refractivity contribution in [3.8, 4) is 6.07 Å². The van der Waals surface area contributed by atoms with E-state index in [1.807, 2.05) is 4.90 Å². The maximum absolute atomic E-state index is 11.7. The maximum atomic E-state index is 11.7. The molecule has 1 amide bonds. The first kappa shape index (κ1) is 12.3.